The molecule has 0 unspecified atom stereocenters. The van der Waals surface area contributed by atoms with E-state index < -0.39 is 0 Å². The number of aryl methyl sites for hydroxylation is 4. The van der Waals surface area contributed by atoms with Gasteiger partial charge in [-0.3, -0.25) is 0 Å². The van der Waals surface area contributed by atoms with Gasteiger partial charge in [0.15, 0.2) is 0 Å². The van der Waals surface area contributed by atoms with Crippen LogP contribution in [0.3, 0.4) is 0 Å². The van der Waals surface area contributed by atoms with Crippen LogP contribution in [0.5, 0.6) is 0 Å². The molecule has 5 aromatic rings. The van der Waals surface area contributed by atoms with E-state index in [9.17, 15) is 0 Å². The van der Waals surface area contributed by atoms with E-state index in [0.29, 0.717) is 0 Å². The summed E-state index contributed by atoms with van der Waals surface area (Å²) in [6.45, 7) is 15.6. The molecule has 2 heterocycles. The Morgan fingerprint density at radius 2 is 1.52 bits per heavy atom. The third-order valence-corrected chi connectivity index (χ3v) is 7.86. The van der Waals surface area contributed by atoms with Crippen LogP contribution in [0.2, 0.25) is 0 Å². The van der Waals surface area contributed by atoms with Crippen molar-refractivity contribution in [1.29, 1.82) is 0 Å². The van der Waals surface area contributed by atoms with Crippen molar-refractivity contribution in [3.63, 3.8) is 0 Å². The zero-order valence-electron chi connectivity index (χ0n) is 20.5. The van der Waals surface area contributed by atoms with Crippen LogP contribution in [0, 0.1) is 27.7 Å². The maximum atomic E-state index is 4.81. The van der Waals surface area contributed by atoms with E-state index >= 15 is 0 Å². The normalized spacial score (nSPS) is 12.1. The minimum Gasteiger partial charge on any atom is -0.235 e. The van der Waals surface area contributed by atoms with Crippen molar-refractivity contribution in [2.45, 2.75) is 53.9 Å². The minimum absolute atomic E-state index is 0.0361. The molecule has 3 heteroatoms. The van der Waals surface area contributed by atoms with Crippen LogP contribution in [-0.2, 0) is 5.41 Å². The Kier molecular flexibility index (Phi) is 5.13. The molecular formula is C30H30N2S. The molecule has 0 bridgehead atoms. The van der Waals surface area contributed by atoms with Gasteiger partial charge in [-0.05, 0) is 83.8 Å². The molecule has 0 aliphatic rings. The summed E-state index contributed by atoms with van der Waals surface area (Å²) in [7, 11) is 0. The van der Waals surface area contributed by atoms with E-state index in [4.69, 9.17) is 9.97 Å². The monoisotopic (exact) mass is 450 g/mol. The third kappa shape index (κ3) is 3.65. The van der Waals surface area contributed by atoms with Crippen LogP contribution in [0.4, 0.5) is 0 Å². The van der Waals surface area contributed by atoms with E-state index in [1.807, 2.05) is 11.3 Å². The molecule has 0 atom stereocenters. The van der Waals surface area contributed by atoms with Gasteiger partial charge in [0.25, 0.3) is 0 Å². The lowest BCUT2D eigenvalue weighted by Gasteiger charge is -2.22. The van der Waals surface area contributed by atoms with Gasteiger partial charge in [0.2, 0.25) is 0 Å². The fourth-order valence-corrected chi connectivity index (χ4v) is 6.52. The summed E-state index contributed by atoms with van der Waals surface area (Å²) in [5, 5.41) is 2.57. The number of rotatable bonds is 2. The van der Waals surface area contributed by atoms with Gasteiger partial charge in [-0.2, -0.15) is 0 Å². The number of nitrogens with zero attached hydrogens (tertiary/aromatic N) is 2. The van der Waals surface area contributed by atoms with E-state index in [0.717, 1.165) is 16.8 Å². The van der Waals surface area contributed by atoms with Gasteiger partial charge >= 0.3 is 0 Å². The van der Waals surface area contributed by atoms with Crippen LogP contribution in [0.1, 0.15) is 48.6 Å². The Bertz CT molecular complexity index is 1510. The molecule has 0 radical (unpaired) electrons. The van der Waals surface area contributed by atoms with Crippen molar-refractivity contribution >= 4 is 32.3 Å². The quantitative estimate of drug-likeness (QED) is 0.269. The molecule has 2 nitrogen and oxygen atoms in total. The van der Waals surface area contributed by atoms with Crippen molar-refractivity contribution in [3.8, 4) is 21.7 Å². The maximum absolute atomic E-state index is 4.81. The lowest BCUT2D eigenvalue weighted by atomic mass is 9.82. The molecule has 33 heavy (non-hydrogen) atoms. The Balaban J connectivity index is 1.80. The van der Waals surface area contributed by atoms with Gasteiger partial charge in [0, 0.05) is 10.4 Å². The zero-order chi connectivity index (χ0) is 23.5. The van der Waals surface area contributed by atoms with Gasteiger partial charge in [0.05, 0.1) is 15.9 Å². The highest BCUT2D eigenvalue weighted by atomic mass is 32.1. The lowest BCUT2D eigenvalue weighted by Crippen LogP contribution is -2.12. The first-order valence-corrected chi connectivity index (χ1v) is 12.3. The first-order valence-electron chi connectivity index (χ1n) is 11.5. The Labute approximate surface area is 200 Å². The summed E-state index contributed by atoms with van der Waals surface area (Å²) in [5.74, 6) is 0. The van der Waals surface area contributed by atoms with Gasteiger partial charge in [-0.15, -0.1) is 11.3 Å². The first-order chi connectivity index (χ1) is 15.6. The molecule has 0 amide bonds. The van der Waals surface area contributed by atoms with E-state index in [1.54, 1.807) is 6.33 Å². The van der Waals surface area contributed by atoms with Crippen molar-refractivity contribution in [1.82, 2.24) is 9.97 Å². The molecule has 166 valence electrons. The van der Waals surface area contributed by atoms with E-state index in [2.05, 4.69) is 97.0 Å². The maximum Gasteiger partial charge on any atom is 0.116 e. The van der Waals surface area contributed by atoms with Crippen molar-refractivity contribution in [2.24, 2.45) is 0 Å². The average molecular weight is 451 g/mol. The predicted octanol–water partition coefficient (Wildman–Crippen LogP) is 8.71. The number of benzene rings is 3. The zero-order valence-corrected chi connectivity index (χ0v) is 21.3. The summed E-state index contributed by atoms with van der Waals surface area (Å²) in [6.07, 6.45) is 1.72. The number of fused-ring (bicyclic) bond motifs is 2. The summed E-state index contributed by atoms with van der Waals surface area (Å²) >= 11 is 1.83. The highest BCUT2D eigenvalue weighted by Crippen LogP contribution is 2.44. The molecule has 0 N–H and O–H groups in total. The second kappa shape index (κ2) is 7.78. The number of hydrogen-bond acceptors (Lipinski definition) is 3. The molecule has 0 saturated heterocycles. The highest BCUT2D eigenvalue weighted by molar-refractivity contribution is 7.23. The lowest BCUT2D eigenvalue weighted by molar-refractivity contribution is 0.596. The van der Waals surface area contributed by atoms with Crippen molar-refractivity contribution < 1.29 is 0 Å². The van der Waals surface area contributed by atoms with Crippen LogP contribution >= 0.6 is 11.3 Å². The Morgan fingerprint density at radius 3 is 2.21 bits per heavy atom. The van der Waals surface area contributed by atoms with Gasteiger partial charge < -0.3 is 0 Å². The Morgan fingerprint density at radius 1 is 0.818 bits per heavy atom. The molecule has 0 saturated carbocycles. The summed E-state index contributed by atoms with van der Waals surface area (Å²) in [6, 6.07) is 17.8. The van der Waals surface area contributed by atoms with Crippen molar-refractivity contribution in [3.05, 3.63) is 82.7 Å². The topological polar surface area (TPSA) is 25.8 Å². The SMILES string of the molecule is Cc1cc(C)c(-c2sc3c(-c4cc(C(C)(C)C)c5ccccc5c4)ncnc3c2C)c(C)c1. The average Bonchev–Trinajstić information content (AvgIpc) is 3.08. The number of thiophene rings is 1. The molecule has 2 aromatic heterocycles. The Hall–Kier alpha value is -3.04. The van der Waals surface area contributed by atoms with E-state index in [1.165, 1.54) is 53.7 Å². The third-order valence-electron chi connectivity index (χ3n) is 6.55. The van der Waals surface area contributed by atoms with Crippen LogP contribution in [-0.4, -0.2) is 9.97 Å². The molecule has 0 fully saturated rings. The molecule has 3 aromatic carbocycles. The van der Waals surface area contributed by atoms with E-state index in [-0.39, 0.29) is 5.41 Å². The molecule has 0 spiro atoms. The summed E-state index contributed by atoms with van der Waals surface area (Å²) in [4.78, 5) is 10.8. The molecule has 5 rings (SSSR count). The summed E-state index contributed by atoms with van der Waals surface area (Å²) in [5.41, 5.74) is 11.1. The summed E-state index contributed by atoms with van der Waals surface area (Å²) < 4.78 is 1.17. The smallest absolute Gasteiger partial charge is 0.116 e. The molecule has 0 aliphatic heterocycles. The van der Waals surface area contributed by atoms with Crippen LogP contribution < -0.4 is 0 Å². The largest absolute Gasteiger partial charge is 0.235 e. The fraction of sp³-hybridized carbons (Fsp3) is 0.267. The van der Waals surface area contributed by atoms with Gasteiger partial charge in [0.1, 0.15) is 6.33 Å². The first kappa shape index (κ1) is 21.8. The number of hydrogen-bond donors (Lipinski definition) is 0. The molecule has 0 aliphatic carbocycles. The predicted molar refractivity (Wildman–Crippen MR) is 143 cm³/mol. The highest BCUT2D eigenvalue weighted by Gasteiger charge is 2.22. The van der Waals surface area contributed by atoms with Crippen LogP contribution in [0.25, 0.3) is 42.7 Å². The second-order valence-corrected chi connectivity index (χ2v) is 11.2. The molecular weight excluding hydrogens is 420 g/mol. The van der Waals surface area contributed by atoms with Gasteiger partial charge in [-0.1, -0.05) is 62.7 Å². The number of aromatic nitrogens is 2. The second-order valence-electron chi connectivity index (χ2n) is 10.2. The minimum atomic E-state index is 0.0361. The van der Waals surface area contributed by atoms with Crippen molar-refractivity contribution in [2.75, 3.05) is 0 Å². The fourth-order valence-electron chi connectivity index (χ4n) is 5.07. The standard InChI is InChI=1S/C30H30N2S/c1-17-12-18(2)25(19(3)13-17)28-20(4)26-29(33-28)27(32-16-31-26)22-14-21-10-8-9-11-23(21)24(15-22)30(5,6)7/h8-16H,1-7H3. The van der Waals surface area contributed by atoms with Crippen LogP contribution in [0.15, 0.2) is 54.9 Å². The van der Waals surface area contributed by atoms with Gasteiger partial charge in [-0.25, -0.2) is 9.97 Å².